The van der Waals surface area contributed by atoms with Crippen LogP contribution in [0.2, 0.25) is 0 Å². The SMILES string of the molecule is CCC.CCC(=O)CCC(C)(C)C. The van der Waals surface area contributed by atoms with Crippen molar-refractivity contribution in [2.24, 2.45) is 5.41 Å². The van der Waals surface area contributed by atoms with Crippen LogP contribution in [0.5, 0.6) is 0 Å². The highest BCUT2D eigenvalue weighted by molar-refractivity contribution is 5.77. The molecule has 0 aliphatic heterocycles. The molecule has 0 aliphatic rings. The summed E-state index contributed by atoms with van der Waals surface area (Å²) >= 11 is 0. The highest BCUT2D eigenvalue weighted by Crippen LogP contribution is 2.20. The van der Waals surface area contributed by atoms with Crippen LogP contribution in [0.3, 0.4) is 0 Å². The standard InChI is InChI=1S/C9H18O.C3H8/c1-5-8(10)6-7-9(2,3)4;1-3-2/h5-7H2,1-4H3;3H2,1-2H3. The topological polar surface area (TPSA) is 17.1 Å². The predicted octanol–water partition coefficient (Wildman–Crippen LogP) is 4.21. The van der Waals surface area contributed by atoms with Crippen LogP contribution in [0.1, 0.15) is 67.2 Å². The number of Topliss-reactive ketones (excluding diaryl/α,β-unsaturated/α-hetero) is 1. The first-order valence-electron chi connectivity index (χ1n) is 5.39. The van der Waals surface area contributed by atoms with Gasteiger partial charge in [0.05, 0.1) is 0 Å². The van der Waals surface area contributed by atoms with Gasteiger partial charge >= 0.3 is 0 Å². The molecular weight excluding hydrogens is 160 g/mol. The summed E-state index contributed by atoms with van der Waals surface area (Å²) in [6.45, 7) is 12.7. The van der Waals surface area contributed by atoms with Crippen LogP contribution in [0.15, 0.2) is 0 Å². The van der Waals surface area contributed by atoms with Crippen molar-refractivity contribution in [2.45, 2.75) is 67.2 Å². The van der Waals surface area contributed by atoms with Crippen molar-refractivity contribution >= 4 is 5.78 Å². The first kappa shape index (κ1) is 15.2. The molecule has 0 aliphatic carbocycles. The van der Waals surface area contributed by atoms with Crippen molar-refractivity contribution < 1.29 is 4.79 Å². The smallest absolute Gasteiger partial charge is 0.132 e. The van der Waals surface area contributed by atoms with Crippen LogP contribution in [-0.2, 0) is 4.79 Å². The number of carbonyl (C=O) groups excluding carboxylic acids is 1. The van der Waals surface area contributed by atoms with E-state index in [4.69, 9.17) is 0 Å². The maximum absolute atomic E-state index is 10.9. The molecule has 0 bridgehead atoms. The Labute approximate surface area is 83.9 Å². The Hall–Kier alpha value is -0.330. The maximum Gasteiger partial charge on any atom is 0.132 e. The summed E-state index contributed by atoms with van der Waals surface area (Å²) in [5.41, 5.74) is 0.310. The second-order valence-corrected chi connectivity index (χ2v) is 4.66. The Bertz CT molecular complexity index is 120. The number of hydrogen-bond donors (Lipinski definition) is 0. The lowest BCUT2D eigenvalue weighted by molar-refractivity contribution is -0.119. The molecule has 0 heterocycles. The largest absolute Gasteiger partial charge is 0.300 e. The zero-order valence-electron chi connectivity index (χ0n) is 10.2. The van der Waals surface area contributed by atoms with Crippen molar-refractivity contribution in [3.8, 4) is 0 Å². The second-order valence-electron chi connectivity index (χ2n) is 4.66. The molecule has 0 saturated heterocycles. The van der Waals surface area contributed by atoms with E-state index in [1.54, 1.807) is 0 Å². The van der Waals surface area contributed by atoms with Crippen molar-refractivity contribution in [3.63, 3.8) is 0 Å². The van der Waals surface area contributed by atoms with E-state index in [0.717, 1.165) is 12.8 Å². The number of ketones is 1. The molecule has 80 valence electrons. The van der Waals surface area contributed by atoms with Gasteiger partial charge in [-0.05, 0) is 11.8 Å². The minimum atomic E-state index is 0.310. The van der Waals surface area contributed by atoms with Gasteiger partial charge in [-0.15, -0.1) is 0 Å². The van der Waals surface area contributed by atoms with Gasteiger partial charge in [0.1, 0.15) is 5.78 Å². The Morgan fingerprint density at radius 2 is 1.46 bits per heavy atom. The van der Waals surface area contributed by atoms with Gasteiger partial charge in [-0.2, -0.15) is 0 Å². The number of rotatable bonds is 3. The molecule has 0 aromatic heterocycles. The fraction of sp³-hybridized carbons (Fsp3) is 0.917. The van der Waals surface area contributed by atoms with Crippen LogP contribution in [0.4, 0.5) is 0 Å². The Morgan fingerprint density at radius 1 is 1.08 bits per heavy atom. The van der Waals surface area contributed by atoms with Gasteiger partial charge in [-0.1, -0.05) is 48.0 Å². The molecule has 1 heteroatoms. The first-order valence-corrected chi connectivity index (χ1v) is 5.39. The van der Waals surface area contributed by atoms with E-state index in [9.17, 15) is 4.79 Å². The highest BCUT2D eigenvalue weighted by Gasteiger charge is 2.11. The van der Waals surface area contributed by atoms with Crippen molar-refractivity contribution in [2.75, 3.05) is 0 Å². The van der Waals surface area contributed by atoms with Gasteiger partial charge < -0.3 is 0 Å². The molecule has 0 radical (unpaired) electrons. The lowest BCUT2D eigenvalue weighted by atomic mass is 9.89. The van der Waals surface area contributed by atoms with E-state index in [2.05, 4.69) is 34.6 Å². The van der Waals surface area contributed by atoms with Gasteiger partial charge in [-0.3, -0.25) is 4.79 Å². The fourth-order valence-corrected chi connectivity index (χ4v) is 0.691. The molecule has 0 amide bonds. The zero-order chi connectivity index (χ0) is 10.9. The minimum Gasteiger partial charge on any atom is -0.300 e. The summed E-state index contributed by atoms with van der Waals surface area (Å²) in [4.78, 5) is 10.9. The predicted molar refractivity (Wildman–Crippen MR) is 60.0 cm³/mol. The molecule has 1 nitrogen and oxygen atoms in total. The summed E-state index contributed by atoms with van der Waals surface area (Å²) in [7, 11) is 0. The molecule has 0 N–H and O–H groups in total. The molecule has 13 heavy (non-hydrogen) atoms. The fourth-order valence-electron chi connectivity index (χ4n) is 0.691. The van der Waals surface area contributed by atoms with Crippen LogP contribution in [0, 0.1) is 5.41 Å². The molecule has 0 fully saturated rings. The van der Waals surface area contributed by atoms with E-state index in [0.29, 0.717) is 17.6 Å². The van der Waals surface area contributed by atoms with Crippen molar-refractivity contribution in [1.29, 1.82) is 0 Å². The third-order valence-corrected chi connectivity index (χ3v) is 1.55. The van der Waals surface area contributed by atoms with Crippen LogP contribution in [0.25, 0.3) is 0 Å². The van der Waals surface area contributed by atoms with E-state index in [-0.39, 0.29) is 0 Å². The van der Waals surface area contributed by atoms with Crippen molar-refractivity contribution in [1.82, 2.24) is 0 Å². The summed E-state index contributed by atoms with van der Waals surface area (Å²) in [6.07, 6.45) is 3.70. The van der Waals surface area contributed by atoms with Gasteiger partial charge in [0, 0.05) is 12.8 Å². The van der Waals surface area contributed by atoms with E-state index >= 15 is 0 Å². The Kier molecular flexibility index (Phi) is 9.65. The highest BCUT2D eigenvalue weighted by atomic mass is 16.1. The van der Waals surface area contributed by atoms with Gasteiger partial charge in [0.25, 0.3) is 0 Å². The Morgan fingerprint density at radius 3 is 1.69 bits per heavy atom. The third kappa shape index (κ3) is 18.5. The second kappa shape index (κ2) is 8.28. The average Bonchev–Trinajstić information content (AvgIpc) is 2.00. The summed E-state index contributed by atoms with van der Waals surface area (Å²) in [5.74, 6) is 0.384. The quantitative estimate of drug-likeness (QED) is 0.645. The number of hydrogen-bond acceptors (Lipinski definition) is 1. The molecule has 0 atom stereocenters. The average molecular weight is 186 g/mol. The minimum absolute atomic E-state index is 0.310. The lowest BCUT2D eigenvalue weighted by Crippen LogP contribution is -2.07. The van der Waals surface area contributed by atoms with Crippen LogP contribution >= 0.6 is 0 Å². The summed E-state index contributed by atoms with van der Waals surface area (Å²) < 4.78 is 0. The third-order valence-electron chi connectivity index (χ3n) is 1.55. The van der Waals surface area contributed by atoms with Crippen LogP contribution < -0.4 is 0 Å². The van der Waals surface area contributed by atoms with Gasteiger partial charge in [0.15, 0.2) is 0 Å². The van der Waals surface area contributed by atoms with Crippen LogP contribution in [-0.4, -0.2) is 5.78 Å². The normalized spacial score (nSPS) is 10.3. The molecule has 0 spiro atoms. The van der Waals surface area contributed by atoms with Crippen molar-refractivity contribution in [3.05, 3.63) is 0 Å². The summed E-state index contributed by atoms with van der Waals surface area (Å²) in [6, 6.07) is 0. The molecule has 0 aromatic carbocycles. The van der Waals surface area contributed by atoms with Gasteiger partial charge in [-0.25, -0.2) is 0 Å². The maximum atomic E-state index is 10.9. The van der Waals surface area contributed by atoms with E-state index in [1.807, 2.05) is 6.92 Å². The van der Waals surface area contributed by atoms with E-state index in [1.165, 1.54) is 6.42 Å². The van der Waals surface area contributed by atoms with E-state index < -0.39 is 0 Å². The zero-order valence-corrected chi connectivity index (χ0v) is 10.2. The molecule has 0 unspecified atom stereocenters. The molecular formula is C12H26O. The lowest BCUT2D eigenvalue weighted by Gasteiger charge is -2.16. The molecule has 0 rings (SSSR count). The molecule has 0 saturated carbocycles. The molecule has 0 aromatic rings. The summed E-state index contributed by atoms with van der Waals surface area (Å²) in [5, 5.41) is 0. The monoisotopic (exact) mass is 186 g/mol. The first-order chi connectivity index (χ1) is 5.87. The Balaban J connectivity index is 0. The van der Waals surface area contributed by atoms with Gasteiger partial charge in [0.2, 0.25) is 0 Å². The number of carbonyl (C=O) groups is 1.